The van der Waals surface area contributed by atoms with E-state index in [-0.39, 0.29) is 17.9 Å². The molecule has 0 N–H and O–H groups in total. The second-order valence-corrected chi connectivity index (χ2v) is 4.15. The number of nitrogens with zero attached hydrogens (tertiary/aromatic N) is 1. The minimum Gasteiger partial charge on any atom is -0.406 e. The van der Waals surface area contributed by atoms with Crippen LogP contribution in [0.1, 0.15) is 11.1 Å². The molecular weight excluding hydrogens is 302 g/mol. The van der Waals surface area contributed by atoms with Crippen molar-refractivity contribution in [2.45, 2.75) is 13.0 Å². The van der Waals surface area contributed by atoms with Gasteiger partial charge in [-0.1, -0.05) is 29.4 Å². The first-order valence-electron chi connectivity index (χ1n) is 6.11. The van der Waals surface area contributed by atoms with Gasteiger partial charge in [0.1, 0.15) is 24.4 Å². The Morgan fingerprint density at radius 3 is 2.55 bits per heavy atom. The number of ether oxygens (including phenoxy) is 1. The summed E-state index contributed by atoms with van der Waals surface area (Å²) >= 11 is 0. The molecule has 0 bridgehead atoms. The second-order valence-electron chi connectivity index (χ2n) is 4.15. The molecule has 0 amide bonds. The summed E-state index contributed by atoms with van der Waals surface area (Å²) in [5.41, 5.74) is 0.539. The molecule has 0 saturated carbocycles. The average molecular weight is 312 g/mol. The summed E-state index contributed by atoms with van der Waals surface area (Å²) in [6.07, 6.45) is -2.40. The lowest BCUT2D eigenvalue weighted by Crippen LogP contribution is -2.17. The number of halogens is 4. The Morgan fingerprint density at radius 2 is 1.82 bits per heavy atom. The van der Waals surface area contributed by atoms with Gasteiger partial charge in [0.25, 0.3) is 0 Å². The van der Waals surface area contributed by atoms with Crippen LogP contribution >= 0.6 is 0 Å². The largest absolute Gasteiger partial charge is 0.573 e. The van der Waals surface area contributed by atoms with Crippen LogP contribution < -0.4 is 4.74 Å². The third kappa shape index (κ3) is 5.08. The van der Waals surface area contributed by atoms with Crippen LogP contribution in [0, 0.1) is 5.82 Å². The van der Waals surface area contributed by atoms with Crippen molar-refractivity contribution in [2.24, 2.45) is 5.16 Å². The zero-order valence-corrected chi connectivity index (χ0v) is 11.1. The SMILES string of the molecule is Fc1ccccc1/[C]=N\OCc1cccc(OC(F)(F)F)c1. The smallest absolute Gasteiger partial charge is 0.406 e. The van der Waals surface area contributed by atoms with Gasteiger partial charge in [0, 0.05) is 5.56 Å². The van der Waals surface area contributed by atoms with E-state index in [1.807, 2.05) is 0 Å². The van der Waals surface area contributed by atoms with Crippen LogP contribution in [-0.4, -0.2) is 12.6 Å². The number of hydrogen-bond donors (Lipinski definition) is 0. The lowest BCUT2D eigenvalue weighted by molar-refractivity contribution is -0.274. The lowest BCUT2D eigenvalue weighted by Gasteiger charge is -2.09. The van der Waals surface area contributed by atoms with Crippen LogP contribution in [0.3, 0.4) is 0 Å². The maximum atomic E-state index is 13.2. The van der Waals surface area contributed by atoms with Crippen LogP contribution in [0.25, 0.3) is 0 Å². The van der Waals surface area contributed by atoms with Crippen LogP contribution in [0.5, 0.6) is 5.75 Å². The molecule has 115 valence electrons. The number of hydrogen-bond acceptors (Lipinski definition) is 3. The Morgan fingerprint density at radius 1 is 1.05 bits per heavy atom. The van der Waals surface area contributed by atoms with Crippen molar-refractivity contribution in [1.29, 1.82) is 0 Å². The Kier molecular flexibility index (Phi) is 4.98. The molecule has 2 aromatic carbocycles. The normalized spacial score (nSPS) is 11.6. The second kappa shape index (κ2) is 6.93. The number of benzene rings is 2. The summed E-state index contributed by atoms with van der Waals surface area (Å²) in [6.45, 7) is -0.101. The van der Waals surface area contributed by atoms with Crippen molar-refractivity contribution < 1.29 is 27.1 Å². The maximum absolute atomic E-state index is 13.2. The van der Waals surface area contributed by atoms with Crippen LogP contribution in [-0.2, 0) is 11.4 Å². The van der Waals surface area contributed by atoms with E-state index in [4.69, 9.17) is 4.84 Å². The van der Waals surface area contributed by atoms with Crippen molar-refractivity contribution in [3.63, 3.8) is 0 Å². The predicted octanol–water partition coefficient (Wildman–Crippen LogP) is 4.15. The first-order valence-corrected chi connectivity index (χ1v) is 6.11. The van der Waals surface area contributed by atoms with E-state index < -0.39 is 12.2 Å². The summed E-state index contributed by atoms with van der Waals surface area (Å²) < 4.78 is 53.3. The van der Waals surface area contributed by atoms with E-state index in [2.05, 4.69) is 16.1 Å². The number of rotatable bonds is 5. The third-order valence-corrected chi connectivity index (χ3v) is 2.47. The highest BCUT2D eigenvalue weighted by Gasteiger charge is 2.31. The van der Waals surface area contributed by atoms with E-state index in [0.717, 1.165) is 0 Å². The molecule has 1 radical (unpaired) electrons. The van der Waals surface area contributed by atoms with Crippen molar-refractivity contribution in [1.82, 2.24) is 0 Å². The van der Waals surface area contributed by atoms with Gasteiger partial charge in [0.15, 0.2) is 0 Å². The first-order chi connectivity index (χ1) is 10.4. The fraction of sp³-hybridized carbons (Fsp3) is 0.133. The lowest BCUT2D eigenvalue weighted by atomic mass is 10.2. The molecule has 0 spiro atoms. The Labute approximate surface area is 123 Å². The van der Waals surface area contributed by atoms with Gasteiger partial charge in [-0.15, -0.1) is 13.2 Å². The summed E-state index contributed by atoms with van der Waals surface area (Å²) in [4.78, 5) is 4.87. The van der Waals surface area contributed by atoms with Crippen molar-refractivity contribution in [3.8, 4) is 5.75 Å². The molecule has 0 aliphatic rings. The summed E-state index contributed by atoms with van der Waals surface area (Å²) in [5.74, 6) is -0.855. The molecule has 2 rings (SSSR count). The molecule has 0 heterocycles. The van der Waals surface area contributed by atoms with Crippen LogP contribution in [0.2, 0.25) is 0 Å². The molecule has 0 aliphatic carbocycles. The molecule has 7 heteroatoms. The standard InChI is InChI=1S/C15H10F4NO2/c16-14-7-2-1-5-12(14)9-20-21-10-11-4-3-6-13(8-11)22-15(17,18)19/h1-8H,10H2. The van der Waals surface area contributed by atoms with E-state index >= 15 is 0 Å². The quantitative estimate of drug-likeness (QED) is 0.472. The highest BCUT2D eigenvalue weighted by atomic mass is 19.4. The average Bonchev–Trinajstić information content (AvgIpc) is 2.44. The molecule has 22 heavy (non-hydrogen) atoms. The van der Waals surface area contributed by atoms with Gasteiger partial charge in [-0.25, -0.2) is 4.39 Å². The van der Waals surface area contributed by atoms with Gasteiger partial charge in [-0.3, -0.25) is 0 Å². The minimum atomic E-state index is -4.75. The minimum absolute atomic E-state index is 0.101. The summed E-state index contributed by atoms with van der Waals surface area (Å²) in [5, 5.41) is 3.45. The van der Waals surface area contributed by atoms with Gasteiger partial charge in [0.2, 0.25) is 0 Å². The van der Waals surface area contributed by atoms with Crippen LogP contribution in [0.4, 0.5) is 17.6 Å². The Balaban J connectivity index is 1.92. The molecule has 0 saturated heterocycles. The molecule has 0 aromatic heterocycles. The highest BCUT2D eigenvalue weighted by Crippen LogP contribution is 2.23. The Hall–Kier alpha value is -2.57. The summed E-state index contributed by atoms with van der Waals surface area (Å²) in [7, 11) is 0. The number of alkyl halides is 3. The molecule has 0 atom stereocenters. The van der Waals surface area contributed by atoms with Gasteiger partial charge < -0.3 is 9.57 Å². The van der Waals surface area contributed by atoms with Gasteiger partial charge >= 0.3 is 6.36 Å². The Bertz CT molecular complexity index is 656. The zero-order chi connectivity index (χ0) is 16.0. The van der Waals surface area contributed by atoms with Crippen molar-refractivity contribution in [2.75, 3.05) is 0 Å². The van der Waals surface area contributed by atoms with Crippen molar-refractivity contribution in [3.05, 3.63) is 65.5 Å². The monoisotopic (exact) mass is 312 g/mol. The maximum Gasteiger partial charge on any atom is 0.573 e. The molecule has 0 fully saturated rings. The van der Waals surface area contributed by atoms with Gasteiger partial charge in [-0.2, -0.15) is 0 Å². The predicted molar refractivity (Wildman–Crippen MR) is 70.9 cm³/mol. The highest BCUT2D eigenvalue weighted by molar-refractivity contribution is 5.79. The summed E-state index contributed by atoms with van der Waals surface area (Å²) in [6, 6.07) is 11.1. The molecule has 3 nitrogen and oxygen atoms in total. The first kappa shape index (κ1) is 15.8. The molecule has 0 aliphatic heterocycles. The fourth-order valence-corrected chi connectivity index (χ4v) is 1.57. The van der Waals surface area contributed by atoms with Gasteiger partial charge in [-0.05, 0) is 29.8 Å². The van der Waals surface area contributed by atoms with E-state index in [1.54, 1.807) is 12.1 Å². The van der Waals surface area contributed by atoms with E-state index in [9.17, 15) is 17.6 Å². The molecular formula is C15H10F4NO2. The van der Waals surface area contributed by atoms with E-state index in [1.165, 1.54) is 36.4 Å². The van der Waals surface area contributed by atoms with Crippen LogP contribution in [0.15, 0.2) is 53.7 Å². The topological polar surface area (TPSA) is 30.8 Å². The molecule has 0 unspecified atom stereocenters. The molecule has 2 aromatic rings. The third-order valence-electron chi connectivity index (χ3n) is 2.47. The van der Waals surface area contributed by atoms with Crippen molar-refractivity contribution >= 4 is 6.21 Å². The van der Waals surface area contributed by atoms with Gasteiger partial charge in [0.05, 0.1) is 0 Å². The fourth-order valence-electron chi connectivity index (χ4n) is 1.57. The van der Waals surface area contributed by atoms with E-state index in [0.29, 0.717) is 5.56 Å². The zero-order valence-electron chi connectivity index (χ0n) is 11.1.